The van der Waals surface area contributed by atoms with E-state index in [2.05, 4.69) is 4.98 Å². The van der Waals surface area contributed by atoms with Crippen LogP contribution in [-0.4, -0.2) is 15.4 Å². The highest BCUT2D eigenvalue weighted by molar-refractivity contribution is 5.84. The van der Waals surface area contributed by atoms with Crippen LogP contribution in [0.3, 0.4) is 0 Å². The van der Waals surface area contributed by atoms with Gasteiger partial charge in [-0.1, -0.05) is 19.1 Å². The van der Waals surface area contributed by atoms with E-state index >= 15 is 0 Å². The van der Waals surface area contributed by atoms with Crippen molar-refractivity contribution in [2.75, 3.05) is 0 Å². The fourth-order valence-electron chi connectivity index (χ4n) is 1.79. The Balaban J connectivity index is 2.55. The zero-order valence-electron chi connectivity index (χ0n) is 8.64. The Kier molecular flexibility index (Phi) is 2.41. The van der Waals surface area contributed by atoms with Gasteiger partial charge in [-0.2, -0.15) is 0 Å². The fraction of sp³-hybridized carbons (Fsp3) is 0.273. The van der Waals surface area contributed by atoms with Crippen LogP contribution < -0.4 is 5.73 Å². The largest absolute Gasteiger partial charge is 0.386 e. The minimum absolute atomic E-state index is 0.0857. The number of nitrogens with one attached hydrogen (secondary N) is 1. The molecule has 2 rings (SSSR count). The van der Waals surface area contributed by atoms with Crippen molar-refractivity contribution in [3.05, 3.63) is 30.6 Å². The molecule has 0 radical (unpaired) electrons. The summed E-state index contributed by atoms with van der Waals surface area (Å²) in [5.41, 5.74) is 7.53. The first-order chi connectivity index (χ1) is 7.24. The minimum atomic E-state index is -0.0857. The van der Waals surface area contributed by atoms with Gasteiger partial charge in [-0.15, -0.1) is 0 Å². The molecule has 0 bridgehead atoms. The third-order valence-electron chi connectivity index (χ3n) is 2.56. The van der Waals surface area contributed by atoms with Gasteiger partial charge in [0.2, 0.25) is 0 Å². The quantitative estimate of drug-likeness (QED) is 0.589. The Morgan fingerprint density at radius 1 is 1.53 bits per heavy atom. The first-order valence-corrected chi connectivity index (χ1v) is 4.99. The van der Waals surface area contributed by atoms with Crippen LogP contribution >= 0.6 is 0 Å². The molecule has 4 nitrogen and oxygen atoms in total. The van der Waals surface area contributed by atoms with Crippen LogP contribution in [0.2, 0.25) is 0 Å². The summed E-state index contributed by atoms with van der Waals surface area (Å²) in [6.07, 6.45) is 2.55. The summed E-state index contributed by atoms with van der Waals surface area (Å²) in [5.74, 6) is 0.181. The van der Waals surface area contributed by atoms with Crippen LogP contribution in [0, 0.1) is 5.41 Å². The number of imidazole rings is 1. The molecule has 78 valence electrons. The van der Waals surface area contributed by atoms with Crippen LogP contribution in [0.25, 0.3) is 11.0 Å². The van der Waals surface area contributed by atoms with Crippen LogP contribution in [0.4, 0.5) is 0 Å². The molecule has 3 N–H and O–H groups in total. The van der Waals surface area contributed by atoms with E-state index in [0.717, 1.165) is 17.5 Å². The molecule has 0 saturated heterocycles. The smallest absolute Gasteiger partial charge is 0.114 e. The second kappa shape index (κ2) is 3.73. The van der Waals surface area contributed by atoms with Gasteiger partial charge in [-0.3, -0.25) is 5.41 Å². The first kappa shape index (κ1) is 9.71. The third-order valence-corrected chi connectivity index (χ3v) is 2.56. The number of hydrogen-bond donors (Lipinski definition) is 2. The molecule has 0 amide bonds. The molecular weight excluding hydrogens is 188 g/mol. The van der Waals surface area contributed by atoms with Crippen molar-refractivity contribution < 1.29 is 0 Å². The predicted molar refractivity (Wildman–Crippen MR) is 61.0 cm³/mol. The number of benzene rings is 1. The Morgan fingerprint density at radius 2 is 2.27 bits per heavy atom. The first-order valence-electron chi connectivity index (χ1n) is 4.99. The Hall–Kier alpha value is -1.84. The predicted octanol–water partition coefficient (Wildman–Crippen LogP) is 1.92. The number of fused-ring (bicyclic) bond motifs is 1. The van der Waals surface area contributed by atoms with Crippen molar-refractivity contribution in [1.29, 1.82) is 5.41 Å². The Morgan fingerprint density at radius 3 is 2.93 bits per heavy atom. The SMILES string of the molecule is CCC(C(=N)N)n1cnc2ccccc21. The molecule has 0 aliphatic heterocycles. The Bertz CT molecular complexity index is 486. The number of para-hydroxylation sites is 2. The highest BCUT2D eigenvalue weighted by atomic mass is 15.1. The second-order valence-electron chi connectivity index (χ2n) is 3.52. The molecule has 1 aromatic carbocycles. The standard InChI is InChI=1S/C11H14N4/c1-2-9(11(12)13)15-7-14-8-5-3-4-6-10(8)15/h3-7,9H,2H2,1H3,(H3,12,13). The number of amidine groups is 1. The Labute approximate surface area is 88.2 Å². The van der Waals surface area contributed by atoms with Gasteiger partial charge in [-0.05, 0) is 18.6 Å². The summed E-state index contributed by atoms with van der Waals surface area (Å²) in [6.45, 7) is 2.01. The topological polar surface area (TPSA) is 67.7 Å². The van der Waals surface area contributed by atoms with E-state index in [1.165, 1.54) is 0 Å². The summed E-state index contributed by atoms with van der Waals surface area (Å²) in [4.78, 5) is 4.28. The minimum Gasteiger partial charge on any atom is -0.386 e. The van der Waals surface area contributed by atoms with Crippen molar-refractivity contribution in [1.82, 2.24) is 9.55 Å². The molecule has 1 atom stereocenters. The van der Waals surface area contributed by atoms with E-state index in [4.69, 9.17) is 11.1 Å². The maximum atomic E-state index is 7.53. The molecule has 0 aliphatic carbocycles. The summed E-state index contributed by atoms with van der Waals surface area (Å²) >= 11 is 0. The second-order valence-corrected chi connectivity index (χ2v) is 3.52. The number of rotatable bonds is 3. The maximum Gasteiger partial charge on any atom is 0.114 e. The molecule has 1 heterocycles. The molecule has 1 aromatic heterocycles. The van der Waals surface area contributed by atoms with E-state index in [-0.39, 0.29) is 11.9 Å². The van der Waals surface area contributed by atoms with E-state index < -0.39 is 0 Å². The van der Waals surface area contributed by atoms with E-state index in [9.17, 15) is 0 Å². The summed E-state index contributed by atoms with van der Waals surface area (Å²) in [6, 6.07) is 7.78. The molecule has 1 unspecified atom stereocenters. The van der Waals surface area contributed by atoms with Gasteiger partial charge in [-0.25, -0.2) is 4.98 Å². The lowest BCUT2D eigenvalue weighted by atomic mass is 10.2. The maximum absolute atomic E-state index is 7.53. The summed E-state index contributed by atoms with van der Waals surface area (Å²) < 4.78 is 1.96. The zero-order valence-corrected chi connectivity index (χ0v) is 8.64. The highest BCUT2D eigenvalue weighted by Gasteiger charge is 2.14. The van der Waals surface area contributed by atoms with Crippen LogP contribution in [-0.2, 0) is 0 Å². The van der Waals surface area contributed by atoms with Crippen molar-refractivity contribution in [3.8, 4) is 0 Å². The van der Waals surface area contributed by atoms with E-state index in [1.807, 2.05) is 35.8 Å². The lowest BCUT2D eigenvalue weighted by Gasteiger charge is -2.15. The average molecular weight is 202 g/mol. The molecule has 15 heavy (non-hydrogen) atoms. The van der Waals surface area contributed by atoms with Crippen LogP contribution in [0.15, 0.2) is 30.6 Å². The third kappa shape index (κ3) is 1.58. The van der Waals surface area contributed by atoms with Gasteiger partial charge >= 0.3 is 0 Å². The molecule has 4 heteroatoms. The van der Waals surface area contributed by atoms with Gasteiger partial charge in [0.1, 0.15) is 5.84 Å². The molecule has 0 saturated carbocycles. The van der Waals surface area contributed by atoms with Crippen LogP contribution in [0.5, 0.6) is 0 Å². The normalized spacial score (nSPS) is 12.9. The highest BCUT2D eigenvalue weighted by Crippen LogP contribution is 2.19. The lowest BCUT2D eigenvalue weighted by Crippen LogP contribution is -2.24. The summed E-state index contributed by atoms with van der Waals surface area (Å²) in [7, 11) is 0. The van der Waals surface area contributed by atoms with E-state index in [1.54, 1.807) is 6.33 Å². The molecular formula is C11H14N4. The summed E-state index contributed by atoms with van der Waals surface area (Å²) in [5, 5.41) is 7.53. The number of nitrogens with zero attached hydrogens (tertiary/aromatic N) is 2. The molecule has 0 aliphatic rings. The van der Waals surface area contributed by atoms with Crippen molar-refractivity contribution in [2.24, 2.45) is 5.73 Å². The van der Waals surface area contributed by atoms with Crippen molar-refractivity contribution >= 4 is 16.9 Å². The lowest BCUT2D eigenvalue weighted by molar-refractivity contribution is 0.626. The molecule has 0 spiro atoms. The van der Waals surface area contributed by atoms with Crippen molar-refractivity contribution in [2.45, 2.75) is 19.4 Å². The van der Waals surface area contributed by atoms with Crippen molar-refractivity contribution in [3.63, 3.8) is 0 Å². The zero-order chi connectivity index (χ0) is 10.8. The molecule has 2 aromatic rings. The van der Waals surface area contributed by atoms with Gasteiger partial charge in [0.15, 0.2) is 0 Å². The molecule has 0 fully saturated rings. The van der Waals surface area contributed by atoms with Gasteiger partial charge in [0, 0.05) is 0 Å². The van der Waals surface area contributed by atoms with Gasteiger partial charge in [0.25, 0.3) is 0 Å². The van der Waals surface area contributed by atoms with Gasteiger partial charge < -0.3 is 10.3 Å². The monoisotopic (exact) mass is 202 g/mol. The van der Waals surface area contributed by atoms with E-state index in [0.29, 0.717) is 0 Å². The number of aromatic nitrogens is 2. The average Bonchev–Trinajstić information content (AvgIpc) is 2.63. The number of hydrogen-bond acceptors (Lipinski definition) is 2. The van der Waals surface area contributed by atoms with Crippen LogP contribution in [0.1, 0.15) is 19.4 Å². The fourth-order valence-corrected chi connectivity index (χ4v) is 1.79. The van der Waals surface area contributed by atoms with Gasteiger partial charge in [0.05, 0.1) is 23.4 Å². The number of nitrogens with two attached hydrogens (primary N) is 1.